The minimum Gasteiger partial charge on any atom is -0.352 e. The number of hydrogen-bond donors (Lipinski definition) is 2. The first-order chi connectivity index (χ1) is 12.3. The Morgan fingerprint density at radius 2 is 1.88 bits per heavy atom. The first kappa shape index (κ1) is 19.9. The van der Waals surface area contributed by atoms with Crippen LogP contribution in [-0.4, -0.2) is 27.8 Å². The van der Waals surface area contributed by atoms with Gasteiger partial charge in [0.1, 0.15) is 0 Å². The predicted molar refractivity (Wildman–Crippen MR) is 115 cm³/mol. The van der Waals surface area contributed by atoms with Crippen LogP contribution in [0, 0.1) is 6.92 Å². The molecule has 7 heteroatoms. The molecule has 0 bridgehead atoms. The summed E-state index contributed by atoms with van der Waals surface area (Å²) in [5.74, 6) is 1.56. The first-order valence-corrected chi connectivity index (χ1v) is 8.20. The number of guanidine groups is 1. The van der Waals surface area contributed by atoms with E-state index in [2.05, 4.69) is 44.8 Å². The van der Waals surface area contributed by atoms with Crippen molar-refractivity contribution in [2.45, 2.75) is 20.0 Å². The van der Waals surface area contributed by atoms with Crippen LogP contribution in [0.1, 0.15) is 16.7 Å². The minimum absolute atomic E-state index is 0. The van der Waals surface area contributed by atoms with E-state index in [1.807, 2.05) is 36.5 Å². The SMILES string of the molecule is CN=C(NCc1ccnc(-n2cccn2)c1)NCc1ccccc1C.I. The summed E-state index contributed by atoms with van der Waals surface area (Å²) >= 11 is 0. The molecule has 0 fully saturated rings. The fraction of sp³-hybridized carbons (Fsp3) is 0.211. The fourth-order valence-electron chi connectivity index (χ4n) is 2.49. The maximum atomic E-state index is 4.34. The highest BCUT2D eigenvalue weighted by Gasteiger charge is 2.03. The molecule has 0 saturated heterocycles. The number of rotatable bonds is 5. The summed E-state index contributed by atoms with van der Waals surface area (Å²) in [7, 11) is 1.77. The number of pyridine rings is 1. The molecule has 0 saturated carbocycles. The molecule has 0 unspecified atom stereocenters. The number of nitrogens with zero attached hydrogens (tertiary/aromatic N) is 4. The highest BCUT2D eigenvalue weighted by molar-refractivity contribution is 14.0. The second-order valence-electron chi connectivity index (χ2n) is 5.68. The molecule has 2 aromatic heterocycles. The zero-order valence-electron chi connectivity index (χ0n) is 14.9. The van der Waals surface area contributed by atoms with E-state index in [4.69, 9.17) is 0 Å². The zero-order chi connectivity index (χ0) is 17.5. The average Bonchev–Trinajstić information content (AvgIpc) is 3.18. The number of benzene rings is 1. The Morgan fingerprint density at radius 1 is 1.08 bits per heavy atom. The third-order valence-corrected chi connectivity index (χ3v) is 3.94. The number of aryl methyl sites for hydroxylation is 1. The van der Waals surface area contributed by atoms with Gasteiger partial charge in [0.15, 0.2) is 11.8 Å². The third-order valence-electron chi connectivity index (χ3n) is 3.94. The molecule has 0 atom stereocenters. The quantitative estimate of drug-likeness (QED) is 0.348. The van der Waals surface area contributed by atoms with Crippen molar-refractivity contribution in [3.63, 3.8) is 0 Å². The minimum atomic E-state index is 0. The highest BCUT2D eigenvalue weighted by atomic mass is 127. The van der Waals surface area contributed by atoms with Crippen molar-refractivity contribution < 1.29 is 0 Å². The number of aromatic nitrogens is 3. The van der Waals surface area contributed by atoms with Crippen LogP contribution in [0.25, 0.3) is 5.82 Å². The number of hydrogen-bond acceptors (Lipinski definition) is 3. The Bertz CT molecular complexity index is 845. The summed E-state index contributed by atoms with van der Waals surface area (Å²) in [6, 6.07) is 14.2. The van der Waals surface area contributed by atoms with Gasteiger partial charge in [0.25, 0.3) is 0 Å². The summed E-state index contributed by atoms with van der Waals surface area (Å²) in [5.41, 5.74) is 3.64. The van der Waals surface area contributed by atoms with Crippen molar-refractivity contribution in [2.75, 3.05) is 7.05 Å². The number of nitrogens with one attached hydrogen (secondary N) is 2. The van der Waals surface area contributed by atoms with Gasteiger partial charge in [0.05, 0.1) is 0 Å². The standard InChI is InChI=1S/C19H22N6.HI/c1-15-6-3-4-7-17(15)14-23-19(20-2)22-13-16-8-10-21-18(12-16)25-11-5-9-24-25;/h3-12H,13-14H2,1-2H3,(H2,20,22,23);1H. The molecule has 136 valence electrons. The summed E-state index contributed by atoms with van der Waals surface area (Å²) in [6.07, 6.45) is 5.41. The zero-order valence-corrected chi connectivity index (χ0v) is 17.2. The van der Waals surface area contributed by atoms with Gasteiger partial charge in [-0.1, -0.05) is 24.3 Å². The van der Waals surface area contributed by atoms with E-state index >= 15 is 0 Å². The van der Waals surface area contributed by atoms with Crippen LogP contribution in [0.15, 0.2) is 66.0 Å². The molecule has 2 N–H and O–H groups in total. The van der Waals surface area contributed by atoms with Gasteiger partial charge < -0.3 is 10.6 Å². The van der Waals surface area contributed by atoms with Gasteiger partial charge in [-0.05, 0) is 41.8 Å². The second-order valence-corrected chi connectivity index (χ2v) is 5.68. The molecule has 1 aromatic carbocycles. The van der Waals surface area contributed by atoms with Crippen molar-refractivity contribution in [2.24, 2.45) is 4.99 Å². The van der Waals surface area contributed by atoms with Crippen LogP contribution in [-0.2, 0) is 13.1 Å². The Labute approximate surface area is 170 Å². The lowest BCUT2D eigenvalue weighted by atomic mass is 10.1. The van der Waals surface area contributed by atoms with Gasteiger partial charge in [0.2, 0.25) is 0 Å². The molecule has 6 nitrogen and oxygen atoms in total. The smallest absolute Gasteiger partial charge is 0.191 e. The summed E-state index contributed by atoms with van der Waals surface area (Å²) in [4.78, 5) is 8.62. The van der Waals surface area contributed by atoms with Gasteiger partial charge in [-0.2, -0.15) is 5.10 Å². The van der Waals surface area contributed by atoms with Crippen LogP contribution >= 0.6 is 24.0 Å². The van der Waals surface area contributed by atoms with Gasteiger partial charge >= 0.3 is 0 Å². The van der Waals surface area contributed by atoms with E-state index in [0.717, 1.165) is 23.9 Å². The van der Waals surface area contributed by atoms with Gasteiger partial charge in [-0.15, -0.1) is 24.0 Å². The van der Waals surface area contributed by atoms with Crippen molar-refractivity contribution >= 4 is 29.9 Å². The molecule has 0 radical (unpaired) electrons. The molecule has 0 amide bonds. The van der Waals surface area contributed by atoms with E-state index < -0.39 is 0 Å². The van der Waals surface area contributed by atoms with E-state index in [1.54, 1.807) is 24.1 Å². The van der Waals surface area contributed by atoms with E-state index in [1.165, 1.54) is 11.1 Å². The molecule has 3 aromatic rings. The Kier molecular flexibility index (Phi) is 7.58. The second kappa shape index (κ2) is 9.91. The van der Waals surface area contributed by atoms with Gasteiger partial charge in [-0.3, -0.25) is 4.99 Å². The van der Waals surface area contributed by atoms with Crippen molar-refractivity contribution in [3.05, 3.63) is 77.7 Å². The van der Waals surface area contributed by atoms with E-state index in [9.17, 15) is 0 Å². The van der Waals surface area contributed by atoms with Gasteiger partial charge in [-0.25, -0.2) is 9.67 Å². The molecule has 2 heterocycles. The summed E-state index contributed by atoms with van der Waals surface area (Å²) < 4.78 is 1.74. The van der Waals surface area contributed by atoms with Crippen molar-refractivity contribution in [3.8, 4) is 5.82 Å². The maximum absolute atomic E-state index is 4.34. The van der Waals surface area contributed by atoms with Crippen LogP contribution < -0.4 is 10.6 Å². The summed E-state index contributed by atoms with van der Waals surface area (Å²) in [6.45, 7) is 3.51. The van der Waals surface area contributed by atoms with Crippen LogP contribution in [0.4, 0.5) is 0 Å². The summed E-state index contributed by atoms with van der Waals surface area (Å²) in [5, 5.41) is 10.9. The van der Waals surface area contributed by atoms with Crippen LogP contribution in [0.5, 0.6) is 0 Å². The first-order valence-electron chi connectivity index (χ1n) is 8.20. The Morgan fingerprint density at radius 3 is 2.62 bits per heavy atom. The normalized spacial score (nSPS) is 10.9. The van der Waals surface area contributed by atoms with Crippen molar-refractivity contribution in [1.82, 2.24) is 25.4 Å². The number of aliphatic imine (C=N–C) groups is 1. The highest BCUT2D eigenvalue weighted by Crippen LogP contribution is 2.07. The lowest BCUT2D eigenvalue weighted by Gasteiger charge is -2.13. The molecular weight excluding hydrogens is 439 g/mol. The van der Waals surface area contributed by atoms with Crippen molar-refractivity contribution in [1.29, 1.82) is 0 Å². The largest absolute Gasteiger partial charge is 0.352 e. The third kappa shape index (κ3) is 5.29. The molecule has 0 aliphatic rings. The molecular formula is C19H23IN6. The topological polar surface area (TPSA) is 67.1 Å². The predicted octanol–water partition coefficient (Wildman–Crippen LogP) is 3.06. The number of halogens is 1. The van der Waals surface area contributed by atoms with Gasteiger partial charge in [0, 0.05) is 38.7 Å². The molecule has 26 heavy (non-hydrogen) atoms. The fourth-order valence-corrected chi connectivity index (χ4v) is 2.49. The maximum Gasteiger partial charge on any atom is 0.191 e. The Hall–Kier alpha value is -2.42. The monoisotopic (exact) mass is 462 g/mol. The molecule has 3 rings (SSSR count). The van der Waals surface area contributed by atoms with E-state index in [0.29, 0.717) is 6.54 Å². The average molecular weight is 462 g/mol. The van der Waals surface area contributed by atoms with Crippen LogP contribution in [0.2, 0.25) is 0 Å². The van der Waals surface area contributed by atoms with Crippen LogP contribution in [0.3, 0.4) is 0 Å². The lowest BCUT2D eigenvalue weighted by Crippen LogP contribution is -2.36. The molecule has 0 aliphatic heterocycles. The molecule has 0 aliphatic carbocycles. The lowest BCUT2D eigenvalue weighted by molar-refractivity contribution is 0.798. The van der Waals surface area contributed by atoms with E-state index in [-0.39, 0.29) is 24.0 Å². The molecule has 0 spiro atoms. The Balaban J connectivity index is 0.00000243.